The highest BCUT2D eigenvalue weighted by Crippen LogP contribution is 2.28. The number of rotatable bonds is 9. The molecule has 1 unspecified atom stereocenters. The van der Waals surface area contributed by atoms with Crippen LogP contribution in [0.25, 0.3) is 0 Å². The maximum Gasteiger partial charge on any atom is 0.240 e. The molecule has 0 radical (unpaired) electrons. The van der Waals surface area contributed by atoms with Crippen LogP contribution < -0.4 is 10.0 Å². The molecule has 180 valence electrons. The van der Waals surface area contributed by atoms with Crippen molar-refractivity contribution in [1.29, 1.82) is 0 Å². The molecule has 0 spiro atoms. The Morgan fingerprint density at radius 2 is 1.79 bits per heavy atom. The quantitative estimate of drug-likeness (QED) is 0.327. The zero-order valence-electron chi connectivity index (χ0n) is 17.8. The lowest BCUT2D eigenvalue weighted by molar-refractivity contribution is 0.0988. The van der Waals surface area contributed by atoms with Gasteiger partial charge in [0.05, 0.1) is 28.3 Å². The Morgan fingerprint density at radius 3 is 2.44 bits per heavy atom. The van der Waals surface area contributed by atoms with Gasteiger partial charge in [0.25, 0.3) is 0 Å². The molecule has 7 nitrogen and oxygen atoms in total. The summed E-state index contributed by atoms with van der Waals surface area (Å²) in [5.41, 5.74) is 1.06. The van der Waals surface area contributed by atoms with Gasteiger partial charge in [0.15, 0.2) is 5.78 Å². The number of ketones is 1. The van der Waals surface area contributed by atoms with Crippen LogP contribution in [0.5, 0.6) is 0 Å². The Hall–Kier alpha value is -2.89. The molecular formula is C23H21ClF2N2O5S. The predicted molar refractivity (Wildman–Crippen MR) is 124 cm³/mol. The number of halogens is 3. The summed E-state index contributed by atoms with van der Waals surface area (Å²) in [5.74, 6) is -2.05. The van der Waals surface area contributed by atoms with Crippen LogP contribution in [0.3, 0.4) is 0 Å². The molecule has 11 heteroatoms. The van der Waals surface area contributed by atoms with E-state index in [9.17, 15) is 27.1 Å². The number of carbonyl (C=O) groups excluding carboxylic acids is 1. The number of sulfonamides is 1. The zero-order valence-corrected chi connectivity index (χ0v) is 19.4. The third kappa shape index (κ3) is 5.96. The lowest BCUT2D eigenvalue weighted by atomic mass is 9.99. The predicted octanol–water partition coefficient (Wildman–Crippen LogP) is 3.53. The molecule has 0 amide bonds. The van der Waals surface area contributed by atoms with Crippen LogP contribution in [0.15, 0.2) is 59.5 Å². The summed E-state index contributed by atoms with van der Waals surface area (Å²) in [6.07, 6.45) is -1.27. The highest BCUT2D eigenvalue weighted by Gasteiger charge is 2.21. The van der Waals surface area contributed by atoms with Gasteiger partial charge in [-0.25, -0.2) is 21.9 Å². The molecule has 1 atom stereocenters. The normalized spacial score (nSPS) is 12.4. The van der Waals surface area contributed by atoms with Crippen molar-refractivity contribution in [2.45, 2.75) is 17.9 Å². The first-order chi connectivity index (χ1) is 16.0. The van der Waals surface area contributed by atoms with E-state index in [-0.39, 0.29) is 26.7 Å². The molecule has 3 aromatic carbocycles. The number of nitrogens with one attached hydrogen (secondary N) is 2. The molecule has 0 aromatic heterocycles. The van der Waals surface area contributed by atoms with Crippen molar-refractivity contribution >= 4 is 38.8 Å². The number of hydrogen-bond acceptors (Lipinski definition) is 6. The minimum Gasteiger partial charge on any atom is -0.394 e. The molecule has 0 saturated heterocycles. The number of aryl methyl sites for hydroxylation is 1. The molecule has 0 aliphatic carbocycles. The lowest BCUT2D eigenvalue weighted by Gasteiger charge is -2.13. The standard InChI is InChI=1S/C23H21ClF2N2O5S/c1-13-2-5-17(34(32,33)27-11-16(30)12-29)10-19(13)23(31)18-6-4-15(9-20(18)24)28-22-7-3-14(25)8-21(22)26/h2-10,16,27-30H,11-12H2,1H3. The molecule has 0 aliphatic rings. The topological polar surface area (TPSA) is 116 Å². The van der Waals surface area contributed by atoms with Gasteiger partial charge in [0, 0.05) is 29.4 Å². The van der Waals surface area contributed by atoms with Crippen LogP contribution >= 0.6 is 11.6 Å². The van der Waals surface area contributed by atoms with Crippen LogP contribution in [0.1, 0.15) is 21.5 Å². The van der Waals surface area contributed by atoms with Crippen molar-refractivity contribution in [3.05, 3.63) is 87.9 Å². The number of anilines is 2. The molecule has 0 fully saturated rings. The van der Waals surface area contributed by atoms with Crippen molar-refractivity contribution in [2.24, 2.45) is 0 Å². The molecule has 0 heterocycles. The Labute approximate surface area is 200 Å². The summed E-state index contributed by atoms with van der Waals surface area (Å²) >= 11 is 6.29. The second kappa shape index (κ2) is 10.6. The maximum absolute atomic E-state index is 13.9. The van der Waals surface area contributed by atoms with Crippen molar-refractivity contribution < 1.29 is 32.2 Å². The van der Waals surface area contributed by atoms with E-state index in [1.54, 1.807) is 6.92 Å². The Kier molecular flexibility index (Phi) is 8.01. The van der Waals surface area contributed by atoms with E-state index in [2.05, 4.69) is 10.0 Å². The zero-order chi connectivity index (χ0) is 25.0. The molecular weight excluding hydrogens is 490 g/mol. The van der Waals surface area contributed by atoms with Gasteiger partial charge in [-0.15, -0.1) is 0 Å². The first kappa shape index (κ1) is 25.7. The van der Waals surface area contributed by atoms with E-state index in [4.69, 9.17) is 16.7 Å². The molecule has 0 saturated carbocycles. The maximum atomic E-state index is 13.9. The van der Waals surface area contributed by atoms with E-state index in [0.29, 0.717) is 11.3 Å². The number of benzene rings is 3. The molecule has 0 bridgehead atoms. The smallest absolute Gasteiger partial charge is 0.240 e. The number of hydrogen-bond donors (Lipinski definition) is 4. The van der Waals surface area contributed by atoms with Gasteiger partial charge in [0.1, 0.15) is 11.6 Å². The van der Waals surface area contributed by atoms with Crippen molar-refractivity contribution in [1.82, 2.24) is 4.72 Å². The fourth-order valence-electron chi connectivity index (χ4n) is 3.04. The van der Waals surface area contributed by atoms with E-state index >= 15 is 0 Å². The van der Waals surface area contributed by atoms with Gasteiger partial charge in [-0.05, 0) is 55.0 Å². The number of carbonyl (C=O) groups is 1. The summed E-state index contributed by atoms with van der Waals surface area (Å²) in [7, 11) is -4.06. The minimum atomic E-state index is -4.06. The van der Waals surface area contributed by atoms with Gasteiger partial charge in [-0.1, -0.05) is 17.7 Å². The summed E-state index contributed by atoms with van der Waals surface area (Å²) < 4.78 is 54.2. The monoisotopic (exact) mass is 510 g/mol. The second-order valence-electron chi connectivity index (χ2n) is 7.44. The highest BCUT2D eigenvalue weighted by atomic mass is 35.5. The fourth-order valence-corrected chi connectivity index (χ4v) is 4.40. The third-order valence-corrected chi connectivity index (χ3v) is 6.64. The van der Waals surface area contributed by atoms with Crippen molar-refractivity contribution in [3.8, 4) is 0 Å². The van der Waals surface area contributed by atoms with Gasteiger partial charge in [-0.2, -0.15) is 0 Å². The Bertz CT molecular complexity index is 1330. The summed E-state index contributed by atoms with van der Waals surface area (Å²) in [4.78, 5) is 12.9. The highest BCUT2D eigenvalue weighted by molar-refractivity contribution is 7.89. The summed E-state index contributed by atoms with van der Waals surface area (Å²) in [6, 6.07) is 11.3. The van der Waals surface area contributed by atoms with Crippen LogP contribution in [0.4, 0.5) is 20.2 Å². The molecule has 0 aliphatic heterocycles. The fraction of sp³-hybridized carbons (Fsp3) is 0.174. The molecule has 3 aromatic rings. The largest absolute Gasteiger partial charge is 0.394 e. The van der Waals surface area contributed by atoms with E-state index in [1.165, 1.54) is 42.5 Å². The van der Waals surface area contributed by atoms with E-state index in [0.717, 1.165) is 12.1 Å². The lowest BCUT2D eigenvalue weighted by Crippen LogP contribution is -2.34. The van der Waals surface area contributed by atoms with Crippen molar-refractivity contribution in [3.63, 3.8) is 0 Å². The van der Waals surface area contributed by atoms with Gasteiger partial charge < -0.3 is 15.5 Å². The number of aliphatic hydroxyl groups is 2. The van der Waals surface area contributed by atoms with Crippen LogP contribution in [-0.4, -0.2) is 43.7 Å². The second-order valence-corrected chi connectivity index (χ2v) is 9.61. The van der Waals surface area contributed by atoms with E-state index < -0.39 is 46.7 Å². The first-order valence-corrected chi connectivity index (χ1v) is 11.8. The molecule has 4 N–H and O–H groups in total. The van der Waals surface area contributed by atoms with Crippen LogP contribution in [0.2, 0.25) is 5.02 Å². The SMILES string of the molecule is Cc1ccc(S(=O)(=O)NCC(O)CO)cc1C(=O)c1ccc(Nc2ccc(F)cc2F)cc1Cl. The minimum absolute atomic E-state index is 0.0177. The average Bonchev–Trinajstić information content (AvgIpc) is 2.79. The van der Waals surface area contributed by atoms with Gasteiger partial charge in [0.2, 0.25) is 10.0 Å². The van der Waals surface area contributed by atoms with Crippen LogP contribution in [0, 0.1) is 18.6 Å². The van der Waals surface area contributed by atoms with Crippen LogP contribution in [-0.2, 0) is 10.0 Å². The summed E-state index contributed by atoms with van der Waals surface area (Å²) in [5, 5.41) is 21.0. The van der Waals surface area contributed by atoms with E-state index in [1.807, 2.05) is 0 Å². The summed E-state index contributed by atoms with van der Waals surface area (Å²) in [6.45, 7) is 0.621. The molecule has 3 rings (SSSR count). The third-order valence-electron chi connectivity index (χ3n) is 4.91. The number of aliphatic hydroxyl groups excluding tert-OH is 2. The van der Waals surface area contributed by atoms with Crippen molar-refractivity contribution in [2.75, 3.05) is 18.5 Å². The first-order valence-electron chi connectivity index (χ1n) is 9.97. The average molecular weight is 511 g/mol. The Balaban J connectivity index is 1.87. The molecule has 34 heavy (non-hydrogen) atoms. The van der Waals surface area contributed by atoms with Gasteiger partial charge >= 0.3 is 0 Å². The van der Waals surface area contributed by atoms with Gasteiger partial charge in [-0.3, -0.25) is 4.79 Å². The Morgan fingerprint density at radius 1 is 1.06 bits per heavy atom.